The second-order valence-electron chi connectivity index (χ2n) is 15.2. The number of para-hydroxylation sites is 2. The standard InChI is InChI=1S/C56H35NO2/c1-3-14-36(15-4-1)37-28-30-38(31-29-37)41-20-11-21-43(34-41)57(49-26-12-24-46-52-44-22-9-7-18-40(44)32-33-51(52)58-54(46)49)50-27-13-25-47-53-45-23-10-8-19-42(45)35-48(56(53)59-55(47)50)39-16-5-2-6-17-39/h1-35H. The van der Waals surface area contributed by atoms with Crippen LogP contribution in [0.1, 0.15) is 0 Å². The van der Waals surface area contributed by atoms with Crippen molar-refractivity contribution >= 4 is 82.5 Å². The number of anilines is 3. The molecule has 12 rings (SSSR count). The Balaban J connectivity index is 1.13. The molecule has 0 aliphatic heterocycles. The molecular weight excluding hydrogens is 719 g/mol. The fourth-order valence-electron chi connectivity index (χ4n) is 9.09. The summed E-state index contributed by atoms with van der Waals surface area (Å²) in [5.74, 6) is 0. The smallest absolute Gasteiger partial charge is 0.159 e. The summed E-state index contributed by atoms with van der Waals surface area (Å²) in [6.45, 7) is 0. The maximum atomic E-state index is 7.23. The first-order valence-corrected chi connectivity index (χ1v) is 20.1. The Morgan fingerprint density at radius 3 is 1.56 bits per heavy atom. The predicted molar refractivity (Wildman–Crippen MR) is 247 cm³/mol. The zero-order valence-electron chi connectivity index (χ0n) is 32.0. The topological polar surface area (TPSA) is 29.5 Å². The minimum Gasteiger partial charge on any atom is -0.454 e. The molecule has 3 heteroatoms. The summed E-state index contributed by atoms with van der Waals surface area (Å²) in [5.41, 5.74) is 13.0. The van der Waals surface area contributed by atoms with Crippen LogP contribution in [-0.4, -0.2) is 0 Å². The van der Waals surface area contributed by atoms with Crippen molar-refractivity contribution < 1.29 is 8.83 Å². The molecule has 0 amide bonds. The van der Waals surface area contributed by atoms with Crippen LogP contribution in [0, 0.1) is 0 Å². The van der Waals surface area contributed by atoms with Crippen LogP contribution in [0.25, 0.3) is 98.8 Å². The normalized spacial score (nSPS) is 11.7. The van der Waals surface area contributed by atoms with E-state index in [0.717, 1.165) is 88.6 Å². The fourth-order valence-corrected chi connectivity index (χ4v) is 9.09. The van der Waals surface area contributed by atoms with E-state index in [2.05, 4.69) is 217 Å². The van der Waals surface area contributed by atoms with Gasteiger partial charge in [-0.15, -0.1) is 0 Å². The molecule has 0 spiro atoms. The largest absolute Gasteiger partial charge is 0.454 e. The molecule has 0 unspecified atom stereocenters. The van der Waals surface area contributed by atoms with Crippen molar-refractivity contribution in [2.75, 3.05) is 4.90 Å². The number of hydrogen-bond donors (Lipinski definition) is 0. The summed E-state index contributed by atoms with van der Waals surface area (Å²) in [7, 11) is 0. The van der Waals surface area contributed by atoms with Crippen LogP contribution < -0.4 is 4.90 Å². The van der Waals surface area contributed by atoms with E-state index in [-0.39, 0.29) is 0 Å². The summed E-state index contributed by atoms with van der Waals surface area (Å²) in [4.78, 5) is 2.32. The fraction of sp³-hybridized carbons (Fsp3) is 0. The van der Waals surface area contributed by atoms with E-state index in [1.165, 1.54) is 27.3 Å². The quantitative estimate of drug-likeness (QED) is 0.169. The molecule has 10 aromatic carbocycles. The molecule has 2 aromatic heterocycles. The SMILES string of the molecule is c1ccc(-c2ccc(-c3cccc(N(c4cccc5c4oc4ccc6ccccc6c45)c4cccc5c4oc4c(-c6ccccc6)cc6ccccc6c45)c3)cc2)cc1. The van der Waals surface area contributed by atoms with E-state index in [0.29, 0.717) is 0 Å². The molecule has 0 saturated carbocycles. The Morgan fingerprint density at radius 2 is 0.831 bits per heavy atom. The van der Waals surface area contributed by atoms with Gasteiger partial charge in [-0.1, -0.05) is 176 Å². The highest BCUT2D eigenvalue weighted by molar-refractivity contribution is 6.25. The molecule has 0 radical (unpaired) electrons. The first-order chi connectivity index (χ1) is 29.3. The highest BCUT2D eigenvalue weighted by atomic mass is 16.3. The predicted octanol–water partition coefficient (Wildman–Crippen LogP) is 16.3. The first kappa shape index (κ1) is 33.3. The van der Waals surface area contributed by atoms with Gasteiger partial charge in [0, 0.05) is 32.8 Å². The summed E-state index contributed by atoms with van der Waals surface area (Å²) >= 11 is 0. The average Bonchev–Trinajstić information content (AvgIpc) is 3.90. The second kappa shape index (κ2) is 13.4. The van der Waals surface area contributed by atoms with Gasteiger partial charge in [0.25, 0.3) is 0 Å². The van der Waals surface area contributed by atoms with Crippen molar-refractivity contribution in [2.24, 2.45) is 0 Å². The van der Waals surface area contributed by atoms with Crippen LogP contribution in [0.3, 0.4) is 0 Å². The van der Waals surface area contributed by atoms with Gasteiger partial charge in [0.05, 0.1) is 11.4 Å². The molecule has 0 saturated heterocycles. The Hall–Kier alpha value is -7.88. The van der Waals surface area contributed by atoms with Crippen molar-refractivity contribution in [1.82, 2.24) is 0 Å². The van der Waals surface area contributed by atoms with Crippen LogP contribution in [-0.2, 0) is 0 Å². The average molecular weight is 754 g/mol. The first-order valence-electron chi connectivity index (χ1n) is 20.1. The lowest BCUT2D eigenvalue weighted by Gasteiger charge is -2.26. The maximum Gasteiger partial charge on any atom is 0.159 e. The monoisotopic (exact) mass is 753 g/mol. The Kier molecular flexibility index (Phi) is 7.54. The van der Waals surface area contributed by atoms with Crippen molar-refractivity contribution in [3.05, 3.63) is 212 Å². The minimum atomic E-state index is 0.812. The summed E-state index contributed by atoms with van der Waals surface area (Å²) in [5, 5.41) is 9.06. The lowest BCUT2D eigenvalue weighted by Crippen LogP contribution is -2.10. The number of benzene rings is 10. The zero-order chi connectivity index (χ0) is 38.9. The van der Waals surface area contributed by atoms with Gasteiger partial charge in [-0.2, -0.15) is 0 Å². The Morgan fingerprint density at radius 1 is 0.305 bits per heavy atom. The highest BCUT2D eigenvalue weighted by Gasteiger charge is 2.25. The molecule has 0 fully saturated rings. The van der Waals surface area contributed by atoms with E-state index in [4.69, 9.17) is 8.83 Å². The van der Waals surface area contributed by atoms with Gasteiger partial charge in [0.1, 0.15) is 11.2 Å². The van der Waals surface area contributed by atoms with Gasteiger partial charge in [0.2, 0.25) is 0 Å². The van der Waals surface area contributed by atoms with Crippen molar-refractivity contribution in [3.63, 3.8) is 0 Å². The molecule has 0 aliphatic rings. The minimum absolute atomic E-state index is 0.812. The molecule has 59 heavy (non-hydrogen) atoms. The molecular formula is C56H35NO2. The molecule has 276 valence electrons. The van der Waals surface area contributed by atoms with Crippen LogP contribution in [0.15, 0.2) is 221 Å². The second-order valence-corrected chi connectivity index (χ2v) is 15.2. The van der Waals surface area contributed by atoms with Gasteiger partial charge in [0.15, 0.2) is 11.2 Å². The summed E-state index contributed by atoms with van der Waals surface area (Å²) in [6.07, 6.45) is 0. The molecule has 12 aromatic rings. The third-order valence-electron chi connectivity index (χ3n) is 11.8. The Labute approximate surface area is 340 Å². The van der Waals surface area contributed by atoms with Crippen molar-refractivity contribution in [3.8, 4) is 33.4 Å². The third-order valence-corrected chi connectivity index (χ3v) is 11.8. The number of rotatable bonds is 6. The van der Waals surface area contributed by atoms with Crippen LogP contribution in [0.2, 0.25) is 0 Å². The number of nitrogens with zero attached hydrogens (tertiary/aromatic N) is 1. The van der Waals surface area contributed by atoms with Crippen molar-refractivity contribution in [2.45, 2.75) is 0 Å². The molecule has 0 aliphatic carbocycles. The van der Waals surface area contributed by atoms with Crippen molar-refractivity contribution in [1.29, 1.82) is 0 Å². The van der Waals surface area contributed by atoms with E-state index in [1.807, 2.05) is 0 Å². The van der Waals surface area contributed by atoms with Crippen LogP contribution in [0.4, 0.5) is 17.1 Å². The van der Waals surface area contributed by atoms with Crippen LogP contribution >= 0.6 is 0 Å². The molecule has 3 nitrogen and oxygen atoms in total. The lowest BCUT2D eigenvalue weighted by molar-refractivity contribution is 0.667. The third kappa shape index (κ3) is 5.36. The van der Waals surface area contributed by atoms with E-state index < -0.39 is 0 Å². The van der Waals surface area contributed by atoms with Gasteiger partial charge >= 0.3 is 0 Å². The summed E-state index contributed by atoms with van der Waals surface area (Å²) < 4.78 is 14.1. The van der Waals surface area contributed by atoms with E-state index in [9.17, 15) is 0 Å². The van der Waals surface area contributed by atoms with Crippen LogP contribution in [0.5, 0.6) is 0 Å². The number of furan rings is 2. The number of fused-ring (bicyclic) bond motifs is 10. The van der Waals surface area contributed by atoms with Gasteiger partial charge in [-0.05, 0) is 85.8 Å². The van der Waals surface area contributed by atoms with Gasteiger partial charge in [-0.25, -0.2) is 0 Å². The van der Waals surface area contributed by atoms with Gasteiger partial charge in [-0.3, -0.25) is 0 Å². The maximum absolute atomic E-state index is 7.23. The lowest BCUT2D eigenvalue weighted by atomic mass is 9.96. The van der Waals surface area contributed by atoms with E-state index in [1.54, 1.807) is 0 Å². The molecule has 2 heterocycles. The number of hydrogen-bond acceptors (Lipinski definition) is 3. The molecule has 0 atom stereocenters. The van der Waals surface area contributed by atoms with Gasteiger partial charge < -0.3 is 13.7 Å². The zero-order valence-corrected chi connectivity index (χ0v) is 32.0. The Bertz CT molecular complexity index is 3540. The highest BCUT2D eigenvalue weighted by Crippen LogP contribution is 2.49. The molecule has 0 N–H and O–H groups in total. The van der Waals surface area contributed by atoms with E-state index >= 15 is 0 Å². The molecule has 0 bridgehead atoms. The summed E-state index contributed by atoms with van der Waals surface area (Å²) in [6, 6.07) is 75.4.